The Morgan fingerprint density at radius 1 is 1.04 bits per heavy atom. The van der Waals surface area contributed by atoms with Crippen LogP contribution in [0.1, 0.15) is 52.7 Å². The van der Waals surface area contributed by atoms with E-state index >= 15 is 0 Å². The Morgan fingerprint density at radius 2 is 1.74 bits per heavy atom. The zero-order chi connectivity index (χ0) is 19.4. The van der Waals surface area contributed by atoms with Gasteiger partial charge >= 0.3 is 5.97 Å². The minimum absolute atomic E-state index is 0.0711. The van der Waals surface area contributed by atoms with Crippen molar-refractivity contribution in [2.45, 2.75) is 38.6 Å². The summed E-state index contributed by atoms with van der Waals surface area (Å²) in [5, 5.41) is 9.50. The van der Waals surface area contributed by atoms with Crippen molar-refractivity contribution < 1.29 is 19.5 Å². The highest BCUT2D eigenvalue weighted by Crippen LogP contribution is 2.29. The van der Waals surface area contributed by atoms with Gasteiger partial charge in [0.1, 0.15) is 0 Å². The molecule has 0 aromatic heterocycles. The van der Waals surface area contributed by atoms with Gasteiger partial charge in [0.15, 0.2) is 5.78 Å². The van der Waals surface area contributed by atoms with Crippen LogP contribution in [0.2, 0.25) is 0 Å². The van der Waals surface area contributed by atoms with E-state index in [-0.39, 0.29) is 31.1 Å². The summed E-state index contributed by atoms with van der Waals surface area (Å²) in [5.41, 5.74) is 3.38. The van der Waals surface area contributed by atoms with Gasteiger partial charge in [-0.15, -0.1) is 0 Å². The molecule has 0 aliphatic carbocycles. The Kier molecular flexibility index (Phi) is 5.69. The lowest BCUT2D eigenvalue weighted by Gasteiger charge is -2.32. The molecule has 2 aromatic carbocycles. The minimum atomic E-state index is -0.938. The van der Waals surface area contributed by atoms with Crippen molar-refractivity contribution in [3.63, 3.8) is 0 Å². The van der Waals surface area contributed by atoms with Gasteiger partial charge in [-0.3, -0.25) is 14.4 Å². The second kappa shape index (κ2) is 8.16. The zero-order valence-corrected chi connectivity index (χ0v) is 15.4. The predicted molar refractivity (Wildman–Crippen MR) is 102 cm³/mol. The number of carboxylic acid groups (broad SMARTS) is 1. The van der Waals surface area contributed by atoms with E-state index in [2.05, 4.69) is 6.92 Å². The fourth-order valence-corrected chi connectivity index (χ4v) is 3.46. The number of amides is 1. The SMILES string of the molecule is CCc1ccc(C(=O)CCC(=O)N2Cc3ccccc3C(C(=O)O)C2)cc1. The Labute approximate surface area is 158 Å². The zero-order valence-electron chi connectivity index (χ0n) is 15.4. The molecule has 1 unspecified atom stereocenters. The van der Waals surface area contributed by atoms with Crippen LogP contribution in [0.5, 0.6) is 0 Å². The van der Waals surface area contributed by atoms with Crippen molar-refractivity contribution in [3.8, 4) is 0 Å². The fraction of sp³-hybridized carbons (Fsp3) is 0.318. The molecule has 0 saturated heterocycles. The van der Waals surface area contributed by atoms with Crippen molar-refractivity contribution in [1.29, 1.82) is 0 Å². The van der Waals surface area contributed by atoms with Crippen LogP contribution in [0.4, 0.5) is 0 Å². The Balaban J connectivity index is 1.64. The van der Waals surface area contributed by atoms with E-state index in [1.54, 1.807) is 23.1 Å². The number of aryl methyl sites for hydroxylation is 1. The molecule has 0 spiro atoms. The van der Waals surface area contributed by atoms with E-state index in [0.29, 0.717) is 12.1 Å². The summed E-state index contributed by atoms with van der Waals surface area (Å²) in [5.74, 6) is -1.92. The summed E-state index contributed by atoms with van der Waals surface area (Å²) in [7, 11) is 0. The molecule has 0 radical (unpaired) electrons. The maximum Gasteiger partial charge on any atom is 0.312 e. The monoisotopic (exact) mass is 365 g/mol. The number of carboxylic acids is 1. The van der Waals surface area contributed by atoms with Gasteiger partial charge in [-0.05, 0) is 23.1 Å². The third-order valence-electron chi connectivity index (χ3n) is 5.10. The summed E-state index contributed by atoms with van der Waals surface area (Å²) in [6.07, 6.45) is 1.12. The molecule has 1 N–H and O–H groups in total. The molecule has 1 amide bonds. The van der Waals surface area contributed by atoms with Crippen LogP contribution in [0.3, 0.4) is 0 Å². The molecular weight excluding hydrogens is 342 g/mol. The van der Waals surface area contributed by atoms with E-state index < -0.39 is 11.9 Å². The summed E-state index contributed by atoms with van der Waals surface area (Å²) in [6, 6.07) is 14.8. The van der Waals surface area contributed by atoms with E-state index in [1.807, 2.05) is 30.3 Å². The largest absolute Gasteiger partial charge is 0.481 e. The second-order valence-electron chi connectivity index (χ2n) is 6.84. The number of nitrogens with zero attached hydrogens (tertiary/aromatic N) is 1. The van der Waals surface area contributed by atoms with Crippen LogP contribution in [-0.4, -0.2) is 34.2 Å². The van der Waals surface area contributed by atoms with E-state index in [9.17, 15) is 19.5 Å². The predicted octanol–water partition coefficient (Wildman–Crippen LogP) is 3.42. The summed E-state index contributed by atoms with van der Waals surface area (Å²) in [6.45, 7) is 2.58. The van der Waals surface area contributed by atoms with Crippen LogP contribution >= 0.6 is 0 Å². The number of carbonyl (C=O) groups excluding carboxylic acids is 2. The molecule has 1 aliphatic rings. The highest BCUT2D eigenvalue weighted by molar-refractivity contribution is 5.98. The van der Waals surface area contributed by atoms with Crippen LogP contribution in [-0.2, 0) is 22.6 Å². The van der Waals surface area contributed by atoms with Gasteiger partial charge in [-0.1, -0.05) is 55.5 Å². The first-order valence-electron chi connectivity index (χ1n) is 9.20. The lowest BCUT2D eigenvalue weighted by Crippen LogP contribution is -2.40. The first kappa shape index (κ1) is 18.8. The standard InChI is InChI=1S/C22H23NO4/c1-2-15-7-9-16(10-8-15)20(24)11-12-21(25)23-13-17-5-3-4-6-18(17)19(14-23)22(26)27/h3-10,19H,2,11-14H2,1H3,(H,26,27). The molecule has 5 nitrogen and oxygen atoms in total. The fourth-order valence-electron chi connectivity index (χ4n) is 3.46. The highest BCUT2D eigenvalue weighted by atomic mass is 16.4. The number of ketones is 1. The maximum absolute atomic E-state index is 12.6. The smallest absolute Gasteiger partial charge is 0.312 e. The lowest BCUT2D eigenvalue weighted by atomic mass is 9.89. The molecule has 0 saturated carbocycles. The van der Waals surface area contributed by atoms with Gasteiger partial charge < -0.3 is 10.0 Å². The maximum atomic E-state index is 12.6. The number of rotatable bonds is 6. The van der Waals surface area contributed by atoms with Gasteiger partial charge in [0, 0.05) is 31.5 Å². The second-order valence-corrected chi connectivity index (χ2v) is 6.84. The normalized spacial score (nSPS) is 15.9. The van der Waals surface area contributed by atoms with Gasteiger partial charge in [0.05, 0.1) is 5.92 Å². The van der Waals surface area contributed by atoms with Gasteiger partial charge in [0.25, 0.3) is 0 Å². The lowest BCUT2D eigenvalue weighted by molar-refractivity contribution is -0.141. The first-order valence-corrected chi connectivity index (χ1v) is 9.20. The van der Waals surface area contributed by atoms with E-state index in [4.69, 9.17) is 0 Å². The first-order chi connectivity index (χ1) is 13.0. The van der Waals surface area contributed by atoms with Crippen molar-refractivity contribution in [1.82, 2.24) is 4.90 Å². The van der Waals surface area contributed by atoms with Crippen LogP contribution < -0.4 is 0 Å². The summed E-state index contributed by atoms with van der Waals surface area (Å²) >= 11 is 0. The number of carbonyl (C=O) groups is 3. The quantitative estimate of drug-likeness (QED) is 0.796. The van der Waals surface area contributed by atoms with Gasteiger partial charge in [0.2, 0.25) is 5.91 Å². The van der Waals surface area contributed by atoms with Gasteiger partial charge in [-0.2, -0.15) is 0 Å². The molecule has 1 heterocycles. The Morgan fingerprint density at radius 3 is 2.41 bits per heavy atom. The number of fused-ring (bicyclic) bond motifs is 1. The number of hydrogen-bond acceptors (Lipinski definition) is 3. The van der Waals surface area contributed by atoms with E-state index in [1.165, 1.54) is 0 Å². The van der Waals surface area contributed by atoms with E-state index in [0.717, 1.165) is 23.1 Å². The van der Waals surface area contributed by atoms with Crippen LogP contribution in [0.25, 0.3) is 0 Å². The van der Waals surface area contributed by atoms with Gasteiger partial charge in [-0.25, -0.2) is 0 Å². The molecule has 140 valence electrons. The number of benzene rings is 2. The molecule has 0 bridgehead atoms. The van der Waals surface area contributed by atoms with Crippen molar-refractivity contribution in [2.24, 2.45) is 0 Å². The molecule has 1 atom stereocenters. The average molecular weight is 365 g/mol. The summed E-state index contributed by atoms with van der Waals surface area (Å²) < 4.78 is 0. The third kappa shape index (κ3) is 4.25. The van der Waals surface area contributed by atoms with Crippen molar-refractivity contribution in [2.75, 3.05) is 6.54 Å². The molecule has 27 heavy (non-hydrogen) atoms. The average Bonchev–Trinajstić information content (AvgIpc) is 2.70. The third-order valence-corrected chi connectivity index (χ3v) is 5.10. The van der Waals surface area contributed by atoms with Crippen molar-refractivity contribution in [3.05, 3.63) is 70.8 Å². The number of hydrogen-bond donors (Lipinski definition) is 1. The molecule has 3 rings (SSSR count). The molecule has 1 aliphatic heterocycles. The molecule has 2 aromatic rings. The minimum Gasteiger partial charge on any atom is -0.481 e. The molecular formula is C22H23NO4. The van der Waals surface area contributed by atoms with Crippen molar-refractivity contribution >= 4 is 17.7 Å². The molecule has 0 fully saturated rings. The number of Topliss-reactive ketones (excluding diaryl/α,β-unsaturated/α-hetero) is 1. The number of aliphatic carboxylic acids is 1. The van der Waals surface area contributed by atoms with Crippen LogP contribution in [0.15, 0.2) is 48.5 Å². The molecule has 5 heteroatoms. The highest BCUT2D eigenvalue weighted by Gasteiger charge is 2.32. The van der Waals surface area contributed by atoms with Crippen LogP contribution in [0, 0.1) is 0 Å². The summed E-state index contributed by atoms with van der Waals surface area (Å²) in [4.78, 5) is 38.1. The Hall–Kier alpha value is -2.95. The topological polar surface area (TPSA) is 74.7 Å². The Bertz CT molecular complexity index is 857.